The number of hydrogen-bond acceptors (Lipinski definition) is 3. The van der Waals surface area contributed by atoms with E-state index in [0.29, 0.717) is 16.1 Å². The molecule has 4 aromatic rings. The fraction of sp³-hybridized carbons (Fsp3) is 0.0417. The zero-order chi connectivity index (χ0) is 20.2. The van der Waals surface area contributed by atoms with E-state index in [-0.39, 0.29) is 11.5 Å². The Morgan fingerprint density at radius 2 is 1.48 bits per heavy atom. The Morgan fingerprint density at radius 1 is 0.862 bits per heavy atom. The summed E-state index contributed by atoms with van der Waals surface area (Å²) in [5, 5.41) is 0. The highest BCUT2D eigenvalue weighted by atomic mass is 32.1. The van der Waals surface area contributed by atoms with E-state index in [0.717, 1.165) is 16.0 Å². The van der Waals surface area contributed by atoms with E-state index in [4.69, 9.17) is 0 Å². The van der Waals surface area contributed by atoms with Gasteiger partial charge in [-0.25, -0.2) is 0 Å². The lowest BCUT2D eigenvalue weighted by atomic mass is 10.2. The van der Waals surface area contributed by atoms with Crippen LogP contribution in [0.2, 0.25) is 0 Å². The number of hydrogen-bond donors (Lipinski definition) is 0. The summed E-state index contributed by atoms with van der Waals surface area (Å²) in [5.41, 5.74) is 2.81. The fourth-order valence-corrected chi connectivity index (χ4v) is 4.05. The number of carbonyl (C=O) groups excluding carboxylic acids is 1. The number of nitrogens with zero attached hydrogens (tertiary/aromatic N) is 2. The number of aryl methyl sites for hydroxylation is 1. The quantitative estimate of drug-likeness (QED) is 0.506. The molecule has 0 unspecified atom stereocenters. The van der Waals surface area contributed by atoms with Gasteiger partial charge in [-0.3, -0.25) is 14.2 Å². The maximum atomic E-state index is 13.1. The molecule has 29 heavy (non-hydrogen) atoms. The van der Waals surface area contributed by atoms with Crippen molar-refractivity contribution in [1.29, 1.82) is 0 Å². The predicted octanol–water partition coefficient (Wildman–Crippen LogP) is 4.62. The summed E-state index contributed by atoms with van der Waals surface area (Å²) in [6.45, 7) is 1.93. The highest BCUT2D eigenvalue weighted by Gasteiger charge is 2.12. The Labute approximate surface area is 172 Å². The molecule has 0 atom stereocenters. The third-order valence-corrected chi connectivity index (χ3v) is 5.53. The minimum absolute atomic E-state index is 0.225. The molecule has 0 aliphatic carbocycles. The molecular formula is C24H18N2O2S. The maximum Gasteiger partial charge on any atom is 0.279 e. The maximum absolute atomic E-state index is 13.1. The smallest absolute Gasteiger partial charge is 0.269 e. The highest BCUT2D eigenvalue weighted by Crippen LogP contribution is 2.20. The molecule has 0 N–H and O–H groups in total. The predicted molar refractivity (Wildman–Crippen MR) is 116 cm³/mol. The molecule has 0 radical (unpaired) electrons. The van der Waals surface area contributed by atoms with Crippen LogP contribution in [0.1, 0.15) is 15.9 Å². The van der Waals surface area contributed by atoms with Crippen molar-refractivity contribution < 1.29 is 4.79 Å². The molecular weight excluding hydrogens is 380 g/mol. The normalized spacial score (nSPS) is 11.4. The summed E-state index contributed by atoms with van der Waals surface area (Å²) in [5.74, 6) is -0.381. The van der Waals surface area contributed by atoms with Gasteiger partial charge in [0.15, 0.2) is 0 Å². The van der Waals surface area contributed by atoms with Gasteiger partial charge in [-0.05, 0) is 36.2 Å². The van der Waals surface area contributed by atoms with Gasteiger partial charge in [-0.1, -0.05) is 78.1 Å². The second-order valence-corrected chi connectivity index (χ2v) is 7.51. The Bertz CT molecular complexity index is 1290. The van der Waals surface area contributed by atoms with Crippen molar-refractivity contribution in [1.82, 2.24) is 4.57 Å². The zero-order valence-corrected chi connectivity index (χ0v) is 16.6. The second-order valence-electron chi connectivity index (χ2n) is 6.50. The van der Waals surface area contributed by atoms with Crippen LogP contribution in [0.15, 0.2) is 101 Å². The van der Waals surface area contributed by atoms with Gasteiger partial charge < -0.3 is 0 Å². The molecule has 0 bridgehead atoms. The average molecular weight is 398 g/mol. The van der Waals surface area contributed by atoms with Crippen LogP contribution in [0.5, 0.6) is 0 Å². The van der Waals surface area contributed by atoms with Gasteiger partial charge in [0.05, 0.1) is 5.69 Å². The van der Waals surface area contributed by atoms with Gasteiger partial charge in [0, 0.05) is 16.5 Å². The molecule has 0 aliphatic rings. The summed E-state index contributed by atoms with van der Waals surface area (Å²) in [7, 11) is 0. The van der Waals surface area contributed by atoms with Gasteiger partial charge in [0.2, 0.25) is 4.80 Å². The molecule has 0 saturated carbocycles. The van der Waals surface area contributed by atoms with Crippen molar-refractivity contribution in [2.75, 3.05) is 0 Å². The van der Waals surface area contributed by atoms with Crippen LogP contribution in [0.3, 0.4) is 0 Å². The molecule has 0 aliphatic heterocycles. The van der Waals surface area contributed by atoms with Crippen LogP contribution < -0.4 is 10.4 Å². The van der Waals surface area contributed by atoms with E-state index < -0.39 is 0 Å². The lowest BCUT2D eigenvalue weighted by Crippen LogP contribution is -2.31. The van der Waals surface area contributed by atoms with Gasteiger partial charge in [-0.2, -0.15) is 4.99 Å². The largest absolute Gasteiger partial charge is 0.279 e. The van der Waals surface area contributed by atoms with Gasteiger partial charge >= 0.3 is 0 Å². The lowest BCUT2D eigenvalue weighted by Gasteiger charge is -2.10. The van der Waals surface area contributed by atoms with E-state index >= 15 is 0 Å². The van der Waals surface area contributed by atoms with E-state index in [9.17, 15) is 9.59 Å². The monoisotopic (exact) mass is 398 g/mol. The molecule has 142 valence electrons. The van der Waals surface area contributed by atoms with E-state index in [2.05, 4.69) is 4.99 Å². The first kappa shape index (κ1) is 18.8. The minimum atomic E-state index is -0.381. The van der Waals surface area contributed by atoms with Gasteiger partial charge in [0.25, 0.3) is 11.5 Å². The summed E-state index contributed by atoms with van der Waals surface area (Å²) in [6.07, 6.45) is 0. The Balaban J connectivity index is 1.99. The van der Waals surface area contributed by atoms with Crippen molar-refractivity contribution in [2.45, 2.75) is 6.92 Å². The number of para-hydroxylation sites is 1. The molecule has 4 rings (SSSR count). The summed E-state index contributed by atoms with van der Waals surface area (Å²) < 4.78 is 1.51. The lowest BCUT2D eigenvalue weighted by molar-refractivity contribution is 0.0998. The second kappa shape index (κ2) is 8.20. The number of carbonyl (C=O) groups is 1. The molecule has 0 spiro atoms. The average Bonchev–Trinajstić information content (AvgIpc) is 2.75. The first-order valence-electron chi connectivity index (χ1n) is 9.16. The number of aromatic nitrogens is 1. The molecule has 5 heteroatoms. The van der Waals surface area contributed by atoms with Crippen LogP contribution in [0.25, 0.3) is 16.1 Å². The Kier molecular flexibility index (Phi) is 5.31. The molecule has 0 fully saturated rings. The van der Waals surface area contributed by atoms with Crippen LogP contribution in [0, 0.1) is 6.92 Å². The molecule has 0 saturated heterocycles. The van der Waals surface area contributed by atoms with Crippen molar-refractivity contribution in [3.05, 3.63) is 117 Å². The van der Waals surface area contributed by atoms with Gasteiger partial charge in [-0.15, -0.1) is 0 Å². The standard InChI is InChI=1S/C24H18N2O2S/c1-17-10-8-9-15-20(17)26-22(27)16-21(18-11-4-2-5-12-18)29-24(26)25-23(28)19-13-6-3-7-14-19/h2-16H,1H3. The van der Waals surface area contributed by atoms with Crippen LogP contribution in [0.4, 0.5) is 0 Å². The number of benzene rings is 3. The Hall–Kier alpha value is -3.57. The van der Waals surface area contributed by atoms with E-state index in [1.807, 2.05) is 67.6 Å². The molecule has 1 amide bonds. The van der Waals surface area contributed by atoms with E-state index in [1.54, 1.807) is 30.3 Å². The molecule has 1 heterocycles. The molecule has 3 aromatic carbocycles. The zero-order valence-electron chi connectivity index (χ0n) is 15.8. The summed E-state index contributed by atoms with van der Waals surface area (Å²) in [4.78, 5) is 31.3. The highest BCUT2D eigenvalue weighted by molar-refractivity contribution is 7.12. The Morgan fingerprint density at radius 3 is 2.17 bits per heavy atom. The van der Waals surface area contributed by atoms with Crippen LogP contribution in [-0.4, -0.2) is 10.5 Å². The third kappa shape index (κ3) is 4.00. The van der Waals surface area contributed by atoms with Gasteiger partial charge in [0.1, 0.15) is 0 Å². The first-order chi connectivity index (χ1) is 14.1. The van der Waals surface area contributed by atoms with Crippen molar-refractivity contribution in [2.24, 2.45) is 4.99 Å². The van der Waals surface area contributed by atoms with Crippen LogP contribution >= 0.6 is 11.3 Å². The number of rotatable bonds is 3. The summed E-state index contributed by atoms with van der Waals surface area (Å²) in [6, 6.07) is 27.7. The minimum Gasteiger partial charge on any atom is -0.269 e. The molecule has 4 nitrogen and oxygen atoms in total. The summed E-state index contributed by atoms with van der Waals surface area (Å²) >= 11 is 1.32. The molecule has 1 aromatic heterocycles. The van der Waals surface area contributed by atoms with Crippen molar-refractivity contribution >= 4 is 17.2 Å². The van der Waals surface area contributed by atoms with Crippen LogP contribution in [-0.2, 0) is 0 Å². The number of amides is 1. The van der Waals surface area contributed by atoms with Crippen molar-refractivity contribution in [3.8, 4) is 16.1 Å². The third-order valence-electron chi connectivity index (χ3n) is 4.50. The first-order valence-corrected chi connectivity index (χ1v) is 9.98. The van der Waals surface area contributed by atoms with E-state index in [1.165, 1.54) is 15.9 Å². The fourth-order valence-electron chi connectivity index (χ4n) is 3.03. The topological polar surface area (TPSA) is 51.4 Å². The SMILES string of the molecule is Cc1ccccc1-n1c(=O)cc(-c2ccccc2)sc1=NC(=O)c1ccccc1. The van der Waals surface area contributed by atoms with Crippen molar-refractivity contribution in [3.63, 3.8) is 0 Å².